The van der Waals surface area contributed by atoms with Crippen LogP contribution >= 0.6 is 9.90 Å². The van der Waals surface area contributed by atoms with Crippen LogP contribution in [0.5, 0.6) is 0 Å². The Bertz CT molecular complexity index is 6.85. The third kappa shape index (κ3) is 21.6. The second kappa shape index (κ2) is 32.5. The van der Waals surface area contributed by atoms with E-state index < -0.39 is 0 Å². The van der Waals surface area contributed by atoms with Crippen LogP contribution < -0.4 is 50.9 Å². The maximum Gasteiger partial charge on any atom is 2.00 e. The Hall–Kier alpha value is 2.39. The molecule has 0 aliphatic carbocycles. The molecule has 0 aliphatic heterocycles. The van der Waals surface area contributed by atoms with Crippen molar-refractivity contribution in [1.82, 2.24) is 0 Å². The molecule has 5 heavy (non-hydrogen) atoms. The van der Waals surface area contributed by atoms with Gasteiger partial charge in [0.15, 0.2) is 0 Å². The van der Waals surface area contributed by atoms with Crippen LogP contribution in [0.3, 0.4) is 0 Å². The van der Waals surface area contributed by atoms with Crippen molar-refractivity contribution in [3.05, 3.63) is 0 Å². The Labute approximate surface area is 77.3 Å². The molecule has 0 heterocycles. The monoisotopic (exact) mass is 327 g/mol. The van der Waals surface area contributed by atoms with Crippen LogP contribution in [0.1, 0.15) is 0 Å². The van der Waals surface area contributed by atoms with Crippen molar-refractivity contribution < 1.29 is 68.0 Å². The Morgan fingerprint density at radius 2 is 0.600 bits per heavy atom. The third-order valence-electron chi connectivity index (χ3n) is 0. The molecule has 0 fully saturated rings. The minimum absolute atomic E-state index is 0. The van der Waals surface area contributed by atoms with E-state index in [-0.39, 0.29) is 77.9 Å². The van der Waals surface area contributed by atoms with E-state index in [9.17, 15) is 0 Å². The number of hydrogen-bond acceptors (Lipinski definition) is 0. The van der Waals surface area contributed by atoms with E-state index in [4.69, 9.17) is 0 Å². The van der Waals surface area contributed by atoms with Crippen molar-refractivity contribution in [3.63, 3.8) is 0 Å². The summed E-state index contributed by atoms with van der Waals surface area (Å²) in [7, 11) is 0. The van der Waals surface area contributed by atoms with E-state index in [1.54, 1.807) is 0 Å². The molecule has 0 N–H and O–H groups in total. The van der Waals surface area contributed by atoms with E-state index in [2.05, 4.69) is 0 Å². The van der Waals surface area contributed by atoms with Crippen molar-refractivity contribution >= 4 is 9.90 Å². The minimum atomic E-state index is 0. The number of halogens is 3. The summed E-state index contributed by atoms with van der Waals surface area (Å²) in [5.74, 6) is 0. The first kappa shape index (κ1) is 52.8. The average Bonchev–Trinajstić information content (AvgIpc) is 0. The van der Waals surface area contributed by atoms with Crippen molar-refractivity contribution in [2.75, 3.05) is 0 Å². The van der Waals surface area contributed by atoms with Crippen LogP contribution in [0.25, 0.3) is 0 Å². The molecule has 0 bridgehead atoms. The topological polar surface area (TPSA) is 0 Å². The number of rotatable bonds is 0. The van der Waals surface area contributed by atoms with Gasteiger partial charge in [0, 0.05) is 0 Å². The maximum atomic E-state index is 0. The molecule has 0 saturated carbocycles. The summed E-state index contributed by atoms with van der Waals surface area (Å²) in [5.41, 5.74) is 0. The molecule has 0 saturated heterocycles. The Morgan fingerprint density at radius 1 is 0.600 bits per heavy atom. The fourth-order valence-corrected chi connectivity index (χ4v) is 0. The predicted molar refractivity (Wildman–Crippen MR) is 12.5 cm³/mol. The summed E-state index contributed by atoms with van der Waals surface area (Å²) in [6, 6.07) is 0. The molecule has 1 atom stereocenters. The van der Waals surface area contributed by atoms with E-state index in [1.807, 2.05) is 0 Å². The zero-order valence-electron chi connectivity index (χ0n) is 2.51. The smallest absolute Gasteiger partial charge is 1.00 e. The van der Waals surface area contributed by atoms with Gasteiger partial charge in [-0.25, -0.2) is 0 Å². The molecular formula is H4Br3MnP. The third-order valence-corrected chi connectivity index (χ3v) is 0. The molecule has 5 heteroatoms. The maximum absolute atomic E-state index is 0. The fourth-order valence-electron chi connectivity index (χ4n) is 0. The Kier molecular flexibility index (Phi) is 343. The molecule has 1 unspecified atom stereocenters. The minimum Gasteiger partial charge on any atom is -1.00 e. The summed E-state index contributed by atoms with van der Waals surface area (Å²) in [5, 5.41) is 0. The molecule has 1 radical (unpaired) electrons. The van der Waals surface area contributed by atoms with Gasteiger partial charge in [-0.2, -0.15) is 0 Å². The molecule has 0 aliphatic rings. The van der Waals surface area contributed by atoms with Gasteiger partial charge < -0.3 is 50.9 Å². The Morgan fingerprint density at radius 3 is 0.600 bits per heavy atom. The van der Waals surface area contributed by atoms with Crippen LogP contribution in [-0.2, 0) is 17.1 Å². The van der Waals surface area contributed by atoms with Gasteiger partial charge in [-0.05, 0) is 9.90 Å². The van der Waals surface area contributed by atoms with Crippen molar-refractivity contribution in [3.8, 4) is 0 Å². The van der Waals surface area contributed by atoms with Gasteiger partial charge >= 0.3 is 17.1 Å². The SMILES string of the molecule is [Br-].[Br-].[Br-].[Mn+2].[PH4+]. The fraction of sp³-hybridized carbons (Fsp3) is 0. The van der Waals surface area contributed by atoms with Crippen molar-refractivity contribution in [2.24, 2.45) is 0 Å². The molecule has 0 aromatic heterocycles. The second-order valence-electron chi connectivity index (χ2n) is 0. The molecule has 0 aromatic carbocycles. The quantitative estimate of drug-likeness (QED) is 0.306. The van der Waals surface area contributed by atoms with E-state index >= 15 is 0 Å². The molecular weight excluding hydrogens is 326 g/mol. The summed E-state index contributed by atoms with van der Waals surface area (Å²) >= 11 is 0. The average molecular weight is 330 g/mol. The van der Waals surface area contributed by atoms with E-state index in [0.29, 0.717) is 0 Å². The van der Waals surface area contributed by atoms with Gasteiger partial charge in [-0.1, -0.05) is 0 Å². The molecule has 0 rings (SSSR count). The normalized spacial score (nSPS) is 0. The van der Waals surface area contributed by atoms with E-state index in [0.717, 1.165) is 0 Å². The zero-order chi connectivity index (χ0) is 0. The first-order valence-corrected chi connectivity index (χ1v) is 0. The van der Waals surface area contributed by atoms with Crippen LogP contribution in [0, 0.1) is 0 Å². The van der Waals surface area contributed by atoms with Crippen LogP contribution in [0.4, 0.5) is 0 Å². The first-order valence-electron chi connectivity index (χ1n) is 0. The van der Waals surface area contributed by atoms with Crippen LogP contribution in [0.2, 0.25) is 0 Å². The van der Waals surface area contributed by atoms with Crippen molar-refractivity contribution in [1.29, 1.82) is 0 Å². The summed E-state index contributed by atoms with van der Waals surface area (Å²) in [6.45, 7) is 0. The van der Waals surface area contributed by atoms with Crippen LogP contribution in [0.15, 0.2) is 0 Å². The van der Waals surface area contributed by atoms with Gasteiger partial charge in [0.1, 0.15) is 0 Å². The van der Waals surface area contributed by atoms with Gasteiger partial charge in [0.25, 0.3) is 0 Å². The van der Waals surface area contributed by atoms with Gasteiger partial charge in [-0.3, -0.25) is 0 Å². The van der Waals surface area contributed by atoms with E-state index in [1.165, 1.54) is 0 Å². The largest absolute Gasteiger partial charge is 2.00 e. The van der Waals surface area contributed by atoms with Gasteiger partial charge in [-0.15, -0.1) is 0 Å². The van der Waals surface area contributed by atoms with Gasteiger partial charge in [0.2, 0.25) is 0 Å². The zero-order valence-corrected chi connectivity index (χ0v) is 10.5. The number of hydrogen-bond donors (Lipinski definition) is 0. The first-order chi connectivity index (χ1) is 0. The molecule has 37 valence electrons. The second-order valence-corrected chi connectivity index (χ2v) is 0. The van der Waals surface area contributed by atoms with Crippen molar-refractivity contribution in [2.45, 2.75) is 0 Å². The molecule has 0 nitrogen and oxygen atoms in total. The van der Waals surface area contributed by atoms with Gasteiger partial charge in [0.05, 0.1) is 0 Å². The summed E-state index contributed by atoms with van der Waals surface area (Å²) < 4.78 is 0. The molecule has 0 spiro atoms. The molecule has 0 aromatic rings. The Balaban J connectivity index is 0. The summed E-state index contributed by atoms with van der Waals surface area (Å²) in [4.78, 5) is 0. The summed E-state index contributed by atoms with van der Waals surface area (Å²) in [6.07, 6.45) is 0. The standard InChI is InChI=1S/3BrH.Mn.H3P/h3*1H;;1H3/q;;;+2;/p-2. The molecule has 0 amide bonds. The van der Waals surface area contributed by atoms with Crippen LogP contribution in [-0.4, -0.2) is 0 Å². The predicted octanol–water partition coefficient (Wildman–Crippen LogP) is -9.20.